The summed E-state index contributed by atoms with van der Waals surface area (Å²) in [5.41, 5.74) is 7.56. The van der Waals surface area contributed by atoms with Gasteiger partial charge in [0.2, 0.25) is 0 Å². The van der Waals surface area contributed by atoms with E-state index in [4.69, 9.17) is 10.6 Å². The number of nitrogens with two attached hydrogens (primary N) is 1. The molecule has 2 aromatic heterocycles. The van der Waals surface area contributed by atoms with Crippen LogP contribution in [0.15, 0.2) is 21.8 Å². The van der Waals surface area contributed by atoms with Gasteiger partial charge in [0.25, 0.3) is 11.8 Å². The molecule has 1 unspecified atom stereocenters. The average molecular weight is 578 g/mol. The van der Waals surface area contributed by atoms with Gasteiger partial charge < -0.3 is 25.8 Å². The van der Waals surface area contributed by atoms with E-state index in [0.717, 1.165) is 29.3 Å². The minimum atomic E-state index is -1.41. The van der Waals surface area contributed by atoms with Gasteiger partial charge in [-0.1, -0.05) is 16.5 Å². The maximum absolute atomic E-state index is 13.1. The largest absolute Gasteiger partial charge is 0.543 e. The molecule has 0 aromatic carbocycles. The number of thioether (sulfide) groups is 1. The molecule has 3 N–H and O–H groups in total. The number of aliphatic carboxylic acids is 1. The number of carboxylic acid groups (broad SMARTS) is 1. The van der Waals surface area contributed by atoms with Crippen LogP contribution in [0.5, 0.6) is 0 Å². The molecule has 38 heavy (non-hydrogen) atoms. The van der Waals surface area contributed by atoms with Gasteiger partial charge in [0, 0.05) is 23.1 Å². The van der Waals surface area contributed by atoms with Crippen LogP contribution in [-0.4, -0.2) is 71.3 Å². The van der Waals surface area contributed by atoms with Crippen LogP contribution in [0.1, 0.15) is 29.1 Å². The summed E-state index contributed by atoms with van der Waals surface area (Å²) in [5, 5.41) is 20.9. The fourth-order valence-electron chi connectivity index (χ4n) is 5.00. The Kier molecular flexibility index (Phi) is 7.33. The molecule has 3 aliphatic rings. The van der Waals surface area contributed by atoms with Crippen LogP contribution in [0.25, 0.3) is 0 Å². The minimum absolute atomic E-state index is 0.127. The number of thiazole rings is 2. The number of carboxylic acids is 1. The third kappa shape index (κ3) is 4.62. The van der Waals surface area contributed by atoms with E-state index < -0.39 is 29.2 Å². The van der Waals surface area contributed by atoms with Gasteiger partial charge in [-0.3, -0.25) is 19.4 Å². The highest BCUT2D eigenvalue weighted by Crippen LogP contribution is 2.41. The summed E-state index contributed by atoms with van der Waals surface area (Å²) in [7, 11) is 5.26. The first-order chi connectivity index (χ1) is 18.2. The van der Waals surface area contributed by atoms with Gasteiger partial charge in [0.05, 0.1) is 30.6 Å². The number of rotatable bonds is 8. The van der Waals surface area contributed by atoms with E-state index in [1.165, 1.54) is 47.2 Å². The first kappa shape index (κ1) is 26.4. The number of carbonyl (C=O) groups is 3. The molecule has 15 heteroatoms. The zero-order valence-electron chi connectivity index (χ0n) is 21.1. The first-order valence-corrected chi connectivity index (χ1v) is 14.7. The highest BCUT2D eigenvalue weighted by atomic mass is 32.2. The Labute approximate surface area is 231 Å². The Morgan fingerprint density at radius 1 is 1.39 bits per heavy atom. The number of fused-ring (bicyclic) bond motifs is 2. The number of β-lactam (4-membered cyclic amide) rings is 1. The van der Waals surface area contributed by atoms with Crippen molar-refractivity contribution in [1.29, 1.82) is 0 Å². The van der Waals surface area contributed by atoms with Gasteiger partial charge >= 0.3 is 5.13 Å². The van der Waals surface area contributed by atoms with Crippen LogP contribution in [0, 0.1) is 0 Å². The van der Waals surface area contributed by atoms with Gasteiger partial charge in [-0.15, -0.1) is 23.1 Å². The Hall–Kier alpha value is -3.17. The van der Waals surface area contributed by atoms with Gasteiger partial charge in [-0.05, 0) is 19.3 Å². The zero-order chi connectivity index (χ0) is 27.1. The summed E-state index contributed by atoms with van der Waals surface area (Å²) in [4.78, 5) is 51.7. The Morgan fingerprint density at radius 2 is 2.16 bits per heavy atom. The third-order valence-corrected chi connectivity index (χ3v) is 10.2. The smallest absolute Gasteiger partial charge is 0.336 e. The number of likely N-dealkylation sites (N-methyl/N-ethyl adjacent to an activating group) is 1. The minimum Gasteiger partial charge on any atom is -0.543 e. The first-order valence-electron chi connectivity index (χ1n) is 11.9. The maximum Gasteiger partial charge on any atom is 0.336 e. The van der Waals surface area contributed by atoms with Crippen molar-refractivity contribution in [3.63, 3.8) is 0 Å². The van der Waals surface area contributed by atoms with Crippen LogP contribution in [-0.2, 0) is 39.1 Å². The van der Waals surface area contributed by atoms with Crippen molar-refractivity contribution in [2.24, 2.45) is 12.2 Å². The number of anilines is 2. The van der Waals surface area contributed by atoms with Crippen molar-refractivity contribution in [1.82, 2.24) is 15.2 Å². The summed E-state index contributed by atoms with van der Waals surface area (Å²) in [5.74, 6) is -2.23. The second kappa shape index (κ2) is 10.5. The number of aromatic nitrogens is 2. The normalized spacial score (nSPS) is 21.0. The monoisotopic (exact) mass is 577 g/mol. The third-order valence-electron chi connectivity index (χ3n) is 6.74. The fourth-order valence-corrected chi connectivity index (χ4v) is 8.18. The van der Waals surface area contributed by atoms with Crippen molar-refractivity contribution >= 4 is 68.2 Å². The van der Waals surface area contributed by atoms with Gasteiger partial charge in [0.1, 0.15) is 36.5 Å². The zero-order valence-corrected chi connectivity index (χ0v) is 23.5. The number of nitrogens with one attached hydrogen (secondary N) is 1. The molecule has 1 saturated heterocycles. The molecule has 0 spiro atoms. The van der Waals surface area contributed by atoms with E-state index in [-0.39, 0.29) is 22.2 Å². The summed E-state index contributed by atoms with van der Waals surface area (Å²) in [6.45, 7) is 0.340. The molecule has 0 radical (unpaired) electrons. The summed E-state index contributed by atoms with van der Waals surface area (Å²) in [6, 6.07) is -0.930. The van der Waals surface area contributed by atoms with E-state index in [0.29, 0.717) is 17.9 Å². The van der Waals surface area contributed by atoms with Crippen LogP contribution < -0.4 is 25.6 Å². The molecule has 5 rings (SSSR count). The number of nitrogen functional groups attached to an aromatic ring is 1. The van der Waals surface area contributed by atoms with Crippen molar-refractivity contribution in [2.45, 2.75) is 37.1 Å². The Bertz CT molecular complexity index is 1370. The lowest BCUT2D eigenvalue weighted by Crippen LogP contribution is -2.71. The molecule has 4 heterocycles. The van der Waals surface area contributed by atoms with Crippen LogP contribution in [0.3, 0.4) is 0 Å². The average Bonchev–Trinajstić information content (AvgIpc) is 3.48. The highest BCUT2D eigenvalue weighted by Gasteiger charge is 2.53. The number of hydrogen-bond acceptors (Lipinski definition) is 12. The topological polar surface area (TPSA) is 157 Å². The number of oxime groups is 1. The molecule has 0 bridgehead atoms. The van der Waals surface area contributed by atoms with Crippen LogP contribution >= 0.6 is 34.4 Å². The van der Waals surface area contributed by atoms with E-state index in [9.17, 15) is 19.5 Å². The van der Waals surface area contributed by atoms with Crippen molar-refractivity contribution in [3.8, 4) is 0 Å². The fraction of sp³-hybridized carbons (Fsp3) is 0.478. The lowest BCUT2D eigenvalue weighted by molar-refractivity contribution is -0.662. The van der Waals surface area contributed by atoms with E-state index in [2.05, 4.69) is 20.0 Å². The van der Waals surface area contributed by atoms with E-state index in [1.807, 2.05) is 19.0 Å². The number of nitrogens with zero attached hydrogens (tertiary/aromatic N) is 5. The Balaban J connectivity index is 1.33. The van der Waals surface area contributed by atoms with Crippen molar-refractivity contribution in [3.05, 3.63) is 32.9 Å². The molecular weight excluding hydrogens is 550 g/mol. The summed E-state index contributed by atoms with van der Waals surface area (Å²) < 4.78 is 2.19. The molecule has 0 saturated carbocycles. The van der Waals surface area contributed by atoms with E-state index in [1.54, 1.807) is 16.7 Å². The number of carbonyl (C=O) groups excluding carboxylic acids is 3. The maximum atomic E-state index is 13.1. The summed E-state index contributed by atoms with van der Waals surface area (Å²) in [6.07, 6.45) is 4.46. The van der Waals surface area contributed by atoms with E-state index >= 15 is 0 Å². The lowest BCUT2D eigenvalue weighted by Gasteiger charge is -2.50. The standard InChI is InChI=1S/C23H27N7O5S3/c1-28(23-29(2)13-6-4-5-7-14(13)38-23)8-11-9-36-20-16(19(32)30(20)17(11)21(33)34)26-18(31)15(27-35-3)12-10-37-22(24)25-12/h10,16,20H,4-9H2,1-3H3,(H3-,24,25,26,31,33,34)/b27-15+/t16?,20-/m1/s1. The number of amides is 2. The lowest BCUT2D eigenvalue weighted by atomic mass is 10.0. The summed E-state index contributed by atoms with van der Waals surface area (Å²) >= 11 is 4.27. The molecule has 12 nitrogen and oxygen atoms in total. The quantitative estimate of drug-likeness (QED) is 0.181. The molecular formula is C23H27N7O5S3. The molecule has 1 fully saturated rings. The SMILES string of the molecule is CO/N=C(/C(=O)NC1C(=O)N2C(C(=O)[O-])=C(CN(C)c3sc4c([n+]3C)CCCC4)CS[C@H]12)c1csc(N)n1. The molecule has 1 aliphatic carbocycles. The highest BCUT2D eigenvalue weighted by molar-refractivity contribution is 8.00. The number of aryl methyl sites for hydroxylation is 1. The second-order valence-corrected chi connectivity index (χ2v) is 12.2. The van der Waals surface area contributed by atoms with Crippen LogP contribution in [0.2, 0.25) is 0 Å². The molecule has 2 aromatic rings. The van der Waals surface area contributed by atoms with Gasteiger partial charge in [-0.2, -0.15) is 0 Å². The molecule has 202 valence electrons. The molecule has 2 aliphatic heterocycles. The van der Waals surface area contributed by atoms with Gasteiger partial charge in [0.15, 0.2) is 10.8 Å². The van der Waals surface area contributed by atoms with Gasteiger partial charge in [-0.25, -0.2) is 9.55 Å². The van der Waals surface area contributed by atoms with Crippen LogP contribution in [0.4, 0.5) is 10.3 Å². The molecule has 2 atom stereocenters. The van der Waals surface area contributed by atoms with Crippen molar-refractivity contribution in [2.75, 3.05) is 37.1 Å². The predicted octanol–water partition coefficient (Wildman–Crippen LogP) is -0.619. The predicted molar refractivity (Wildman–Crippen MR) is 143 cm³/mol. The van der Waals surface area contributed by atoms with Crippen molar-refractivity contribution < 1.29 is 28.9 Å². The second-order valence-electron chi connectivity index (χ2n) is 9.17. The number of hydrogen-bond donors (Lipinski definition) is 2. The molecule has 2 amide bonds. The Morgan fingerprint density at radius 3 is 2.82 bits per heavy atom.